The Balaban J connectivity index is 2.18. The molecule has 0 bridgehead atoms. The molecule has 18 heavy (non-hydrogen) atoms. The van der Waals surface area contributed by atoms with Gasteiger partial charge < -0.3 is 15.4 Å². The summed E-state index contributed by atoms with van der Waals surface area (Å²) >= 11 is 0. The Bertz CT molecular complexity index is 443. The summed E-state index contributed by atoms with van der Waals surface area (Å²) < 4.78 is 5.41. The van der Waals surface area contributed by atoms with Crippen LogP contribution in [-0.2, 0) is 4.74 Å². The van der Waals surface area contributed by atoms with E-state index in [1.807, 2.05) is 12.1 Å². The van der Waals surface area contributed by atoms with Crippen LogP contribution in [0.3, 0.4) is 0 Å². The zero-order valence-electron chi connectivity index (χ0n) is 10.5. The predicted octanol–water partition coefficient (Wildman–Crippen LogP) is 0.896. The van der Waals surface area contributed by atoms with Gasteiger partial charge in [-0.1, -0.05) is 0 Å². The first kappa shape index (κ1) is 12.8. The van der Waals surface area contributed by atoms with E-state index in [4.69, 9.17) is 15.7 Å². The maximum atomic E-state index is 8.89. The predicted molar refractivity (Wildman–Crippen MR) is 69.2 cm³/mol. The largest absolute Gasteiger partial charge is 0.381 e. The van der Waals surface area contributed by atoms with E-state index in [9.17, 15) is 0 Å². The number of methoxy groups -OCH3 is 1. The summed E-state index contributed by atoms with van der Waals surface area (Å²) in [6.07, 6.45) is 3.87. The highest BCUT2D eigenvalue weighted by molar-refractivity contribution is 5.50. The smallest absolute Gasteiger partial charge is 0.142 e. The molecule has 0 saturated carbocycles. The van der Waals surface area contributed by atoms with Crippen molar-refractivity contribution < 1.29 is 4.74 Å². The molecular formula is C13H18N4O. The minimum atomic E-state index is 0.262. The summed E-state index contributed by atoms with van der Waals surface area (Å²) in [6.45, 7) is 1.49. The van der Waals surface area contributed by atoms with E-state index in [1.165, 1.54) is 0 Å². The van der Waals surface area contributed by atoms with Crippen molar-refractivity contribution in [3.8, 4) is 6.07 Å². The number of rotatable bonds is 3. The lowest BCUT2D eigenvalue weighted by atomic mass is 9.98. The first-order valence-electron chi connectivity index (χ1n) is 6.14. The summed E-state index contributed by atoms with van der Waals surface area (Å²) in [5, 5.41) is 8.89. The number of nitrogens with two attached hydrogens (primary N) is 1. The van der Waals surface area contributed by atoms with Gasteiger partial charge in [-0.05, 0) is 25.0 Å². The fourth-order valence-electron chi connectivity index (χ4n) is 2.45. The van der Waals surface area contributed by atoms with Crippen molar-refractivity contribution in [1.82, 2.24) is 4.98 Å². The van der Waals surface area contributed by atoms with E-state index >= 15 is 0 Å². The third kappa shape index (κ3) is 2.61. The molecule has 1 aliphatic heterocycles. The van der Waals surface area contributed by atoms with Crippen LogP contribution in [0.1, 0.15) is 18.5 Å². The number of aromatic nitrogens is 1. The van der Waals surface area contributed by atoms with Gasteiger partial charge in [0.05, 0.1) is 6.10 Å². The van der Waals surface area contributed by atoms with Gasteiger partial charge in [0.1, 0.15) is 11.8 Å². The summed E-state index contributed by atoms with van der Waals surface area (Å²) in [4.78, 5) is 6.24. The fraction of sp³-hybridized carbons (Fsp3) is 0.538. The van der Waals surface area contributed by atoms with Crippen molar-refractivity contribution in [3.05, 3.63) is 24.0 Å². The second-order valence-electron chi connectivity index (χ2n) is 4.48. The molecule has 2 rings (SSSR count). The third-order valence-corrected chi connectivity index (χ3v) is 3.46. The molecule has 2 N–H and O–H groups in total. The number of nitrogens with zero attached hydrogens (tertiary/aromatic N) is 3. The Morgan fingerprint density at radius 3 is 3.17 bits per heavy atom. The molecule has 5 nitrogen and oxygen atoms in total. The van der Waals surface area contributed by atoms with Gasteiger partial charge >= 0.3 is 0 Å². The van der Waals surface area contributed by atoms with E-state index in [0.717, 1.165) is 25.1 Å². The lowest BCUT2D eigenvalue weighted by Gasteiger charge is -2.40. The quantitative estimate of drug-likeness (QED) is 0.857. The Morgan fingerprint density at radius 2 is 2.50 bits per heavy atom. The van der Waals surface area contributed by atoms with Crippen molar-refractivity contribution in [3.63, 3.8) is 0 Å². The van der Waals surface area contributed by atoms with Gasteiger partial charge in [0.2, 0.25) is 0 Å². The molecule has 0 radical (unpaired) electrons. The molecule has 1 aromatic heterocycles. The number of hydrogen-bond acceptors (Lipinski definition) is 5. The maximum absolute atomic E-state index is 8.89. The molecular weight excluding hydrogens is 228 g/mol. The molecule has 0 amide bonds. The van der Waals surface area contributed by atoms with Gasteiger partial charge in [-0.15, -0.1) is 0 Å². The topological polar surface area (TPSA) is 75.2 Å². The summed E-state index contributed by atoms with van der Waals surface area (Å²) in [5.74, 6) is 0. The van der Waals surface area contributed by atoms with Crippen LogP contribution >= 0.6 is 0 Å². The number of ether oxygens (including phenoxy) is 1. The van der Waals surface area contributed by atoms with Crippen molar-refractivity contribution in [2.75, 3.05) is 25.1 Å². The lowest BCUT2D eigenvalue weighted by molar-refractivity contribution is 0.0709. The molecule has 0 aliphatic carbocycles. The summed E-state index contributed by atoms with van der Waals surface area (Å²) in [7, 11) is 1.74. The van der Waals surface area contributed by atoms with Crippen LogP contribution < -0.4 is 10.6 Å². The highest BCUT2D eigenvalue weighted by Gasteiger charge is 2.27. The molecule has 2 heterocycles. The van der Waals surface area contributed by atoms with E-state index in [1.54, 1.807) is 13.3 Å². The van der Waals surface area contributed by atoms with Crippen molar-refractivity contribution in [2.24, 2.45) is 5.73 Å². The fourth-order valence-corrected chi connectivity index (χ4v) is 2.45. The van der Waals surface area contributed by atoms with Crippen LogP contribution in [-0.4, -0.2) is 37.3 Å². The second kappa shape index (κ2) is 5.80. The van der Waals surface area contributed by atoms with E-state index in [2.05, 4.69) is 16.0 Å². The number of anilines is 1. The normalized spacial score (nSPS) is 23.7. The molecule has 5 heteroatoms. The highest BCUT2D eigenvalue weighted by Crippen LogP contribution is 2.25. The molecule has 2 atom stereocenters. The Morgan fingerprint density at radius 1 is 1.67 bits per heavy atom. The van der Waals surface area contributed by atoms with Gasteiger partial charge in [0, 0.05) is 38.1 Å². The first-order valence-corrected chi connectivity index (χ1v) is 6.14. The number of hydrogen-bond donors (Lipinski definition) is 1. The van der Waals surface area contributed by atoms with E-state index < -0.39 is 0 Å². The minimum absolute atomic E-state index is 0.262. The molecule has 1 aliphatic rings. The van der Waals surface area contributed by atoms with Crippen LogP contribution in [0, 0.1) is 11.3 Å². The van der Waals surface area contributed by atoms with Gasteiger partial charge in [-0.25, -0.2) is 4.98 Å². The Kier molecular flexibility index (Phi) is 4.13. The van der Waals surface area contributed by atoms with Gasteiger partial charge in [-0.2, -0.15) is 5.26 Å². The van der Waals surface area contributed by atoms with Crippen molar-refractivity contribution in [2.45, 2.75) is 25.0 Å². The Hall–Kier alpha value is -1.64. The average molecular weight is 246 g/mol. The minimum Gasteiger partial charge on any atom is -0.381 e. The van der Waals surface area contributed by atoms with Gasteiger partial charge in [0.15, 0.2) is 0 Å². The van der Waals surface area contributed by atoms with Crippen LogP contribution in [0.15, 0.2) is 18.3 Å². The zero-order chi connectivity index (χ0) is 13.0. The van der Waals surface area contributed by atoms with Gasteiger partial charge in [-0.3, -0.25) is 0 Å². The van der Waals surface area contributed by atoms with Crippen molar-refractivity contribution >= 4 is 5.69 Å². The molecule has 2 unspecified atom stereocenters. The Labute approximate surface area is 107 Å². The molecule has 96 valence electrons. The molecule has 0 spiro atoms. The number of nitriles is 1. The lowest BCUT2D eigenvalue weighted by Crippen LogP contribution is -2.48. The monoisotopic (exact) mass is 246 g/mol. The molecule has 0 aromatic carbocycles. The number of piperidine rings is 1. The van der Waals surface area contributed by atoms with Crippen LogP contribution in [0.4, 0.5) is 5.69 Å². The van der Waals surface area contributed by atoms with Crippen LogP contribution in [0.5, 0.6) is 0 Å². The van der Waals surface area contributed by atoms with E-state index in [0.29, 0.717) is 12.2 Å². The summed E-state index contributed by atoms with van der Waals surface area (Å²) in [6, 6.07) is 6.07. The number of pyridine rings is 1. The highest BCUT2D eigenvalue weighted by atomic mass is 16.5. The third-order valence-electron chi connectivity index (χ3n) is 3.46. The van der Waals surface area contributed by atoms with Gasteiger partial charge in [0.25, 0.3) is 0 Å². The molecule has 1 fully saturated rings. The van der Waals surface area contributed by atoms with Crippen molar-refractivity contribution in [1.29, 1.82) is 5.26 Å². The average Bonchev–Trinajstić information content (AvgIpc) is 2.46. The summed E-state index contributed by atoms with van der Waals surface area (Å²) in [5.41, 5.74) is 7.30. The molecule has 1 saturated heterocycles. The van der Waals surface area contributed by atoms with Crippen LogP contribution in [0.2, 0.25) is 0 Å². The standard InChI is InChI=1S/C13H18N4O/c1-18-13-3-5-17(12(7-13)9-15)11-2-4-16-10(6-11)8-14/h2,4,6,12-13H,3,5,7,9,15H2,1H3. The van der Waals surface area contributed by atoms with Crippen LogP contribution in [0.25, 0.3) is 0 Å². The second-order valence-corrected chi connectivity index (χ2v) is 4.48. The molecule has 1 aromatic rings. The maximum Gasteiger partial charge on any atom is 0.142 e. The zero-order valence-corrected chi connectivity index (χ0v) is 10.5. The first-order chi connectivity index (χ1) is 8.78. The SMILES string of the molecule is COC1CCN(c2ccnc(C#N)c2)C(CN)C1. The van der Waals surface area contributed by atoms with E-state index in [-0.39, 0.29) is 12.1 Å².